The van der Waals surface area contributed by atoms with Crippen LogP contribution in [-0.4, -0.2) is 27.4 Å². The number of halogens is 4. The summed E-state index contributed by atoms with van der Waals surface area (Å²) >= 11 is 11.1. The van der Waals surface area contributed by atoms with Gasteiger partial charge in [0.1, 0.15) is 11.3 Å². The highest BCUT2D eigenvalue weighted by molar-refractivity contribution is 6.38. The minimum Gasteiger partial charge on any atom is -0.452 e. The number of nitrogens with two attached hydrogens (primary N) is 1. The molecule has 0 amide bonds. The molecule has 2 N–H and O–H groups in total. The van der Waals surface area contributed by atoms with E-state index >= 15 is 0 Å². The molecule has 0 saturated heterocycles. The van der Waals surface area contributed by atoms with Crippen LogP contribution in [0, 0.1) is 20.2 Å². The molecule has 210 valence electrons. The maximum absolute atomic E-state index is 12.8. The zero-order valence-electron chi connectivity index (χ0n) is 20.1. The van der Waals surface area contributed by atoms with Gasteiger partial charge >= 0.3 is 12.6 Å². The summed E-state index contributed by atoms with van der Waals surface area (Å²) in [6.07, 6.45) is 2.89. The van der Waals surface area contributed by atoms with E-state index in [9.17, 15) is 33.8 Å². The Morgan fingerprint density at radius 3 is 2.12 bits per heavy atom. The van der Waals surface area contributed by atoms with E-state index in [0.29, 0.717) is 15.7 Å². The molecule has 0 radical (unpaired) electrons. The smallest absolute Gasteiger partial charge is 0.387 e. The molecule has 0 spiro atoms. The topological polar surface area (TPSA) is 174 Å². The number of esters is 1. The number of carbonyl (C=O) groups excluding carboxylic acids is 1. The standard InChI is InChI=1S/C20H10F2N2O8.C5H4Cl2N2/c21-20(22)32-16-8-6-13(19(25)30-12-4-1-10(2-5-12)23(26)27)17-14-9-11(24(28)29)3-7-15(14)31-18(16)17;6-3-1-9-2-4(7)5(3)8/h1-9,20H;1-2H,(H2,8,9). The lowest BCUT2D eigenvalue weighted by Gasteiger charge is -2.08. The fourth-order valence-electron chi connectivity index (χ4n) is 3.54. The van der Waals surface area contributed by atoms with Crippen molar-refractivity contribution in [1.82, 2.24) is 4.98 Å². The Morgan fingerprint density at radius 1 is 0.951 bits per heavy atom. The van der Waals surface area contributed by atoms with Gasteiger partial charge in [-0.05, 0) is 30.3 Å². The number of hydrogen-bond acceptors (Lipinski definition) is 10. The average molecular weight is 607 g/mol. The number of aromatic nitrogens is 1. The molecule has 0 saturated carbocycles. The minimum atomic E-state index is -3.18. The first kappa shape index (κ1) is 28.9. The number of nitro groups is 2. The summed E-state index contributed by atoms with van der Waals surface area (Å²) in [4.78, 5) is 37.2. The van der Waals surface area contributed by atoms with Crippen LogP contribution in [0.2, 0.25) is 10.0 Å². The lowest BCUT2D eigenvalue weighted by Crippen LogP contribution is -2.10. The Labute approximate surface area is 237 Å². The third-order valence-corrected chi connectivity index (χ3v) is 5.96. The monoisotopic (exact) mass is 606 g/mol. The predicted molar refractivity (Wildman–Crippen MR) is 144 cm³/mol. The zero-order valence-corrected chi connectivity index (χ0v) is 21.6. The molecule has 2 heterocycles. The van der Waals surface area contributed by atoms with Crippen molar-refractivity contribution in [2.45, 2.75) is 6.61 Å². The van der Waals surface area contributed by atoms with Gasteiger partial charge in [-0.25, -0.2) is 4.79 Å². The molecular weight excluding hydrogens is 593 g/mol. The number of benzene rings is 3. The first-order valence-corrected chi connectivity index (χ1v) is 11.8. The van der Waals surface area contributed by atoms with Crippen molar-refractivity contribution in [2.24, 2.45) is 0 Å². The molecule has 12 nitrogen and oxygen atoms in total. The Bertz CT molecular complexity index is 1780. The molecule has 0 aliphatic carbocycles. The number of alkyl halides is 2. The van der Waals surface area contributed by atoms with Gasteiger partial charge in [0.15, 0.2) is 11.3 Å². The van der Waals surface area contributed by atoms with E-state index in [4.69, 9.17) is 38.1 Å². The van der Waals surface area contributed by atoms with Crippen LogP contribution in [-0.2, 0) is 0 Å². The summed E-state index contributed by atoms with van der Waals surface area (Å²) in [7, 11) is 0. The van der Waals surface area contributed by atoms with Crippen LogP contribution in [0.4, 0.5) is 25.8 Å². The molecule has 16 heteroatoms. The van der Waals surface area contributed by atoms with Crippen LogP contribution in [0.3, 0.4) is 0 Å². The number of nitrogens with zero attached hydrogens (tertiary/aromatic N) is 3. The first-order valence-electron chi connectivity index (χ1n) is 11.1. The molecule has 0 unspecified atom stereocenters. The fraction of sp³-hybridized carbons (Fsp3) is 0.0400. The van der Waals surface area contributed by atoms with E-state index in [1.807, 2.05) is 0 Å². The predicted octanol–water partition coefficient (Wildman–Crippen LogP) is 7.19. The van der Waals surface area contributed by atoms with E-state index in [2.05, 4.69) is 9.72 Å². The van der Waals surface area contributed by atoms with Gasteiger partial charge < -0.3 is 19.6 Å². The summed E-state index contributed by atoms with van der Waals surface area (Å²) < 4.78 is 40.9. The SMILES string of the molecule is Nc1c(Cl)cncc1Cl.O=C(Oc1ccc([N+](=O)[O-])cc1)c1ccc(OC(F)F)c2oc3ccc([N+](=O)[O-])cc3c12. The number of fused-ring (bicyclic) bond motifs is 3. The molecular formula is C25H14Cl2F2N4O8. The van der Waals surface area contributed by atoms with Gasteiger partial charge in [0.2, 0.25) is 0 Å². The Morgan fingerprint density at radius 2 is 1.56 bits per heavy atom. The van der Waals surface area contributed by atoms with Crippen molar-refractivity contribution in [3.05, 3.63) is 103 Å². The van der Waals surface area contributed by atoms with Crippen LogP contribution >= 0.6 is 23.2 Å². The van der Waals surface area contributed by atoms with Gasteiger partial charge in [0.25, 0.3) is 11.4 Å². The van der Waals surface area contributed by atoms with Crippen LogP contribution in [0.5, 0.6) is 11.5 Å². The first-order chi connectivity index (χ1) is 19.5. The highest BCUT2D eigenvalue weighted by Crippen LogP contribution is 2.39. The van der Waals surface area contributed by atoms with E-state index in [-0.39, 0.29) is 50.4 Å². The molecule has 5 rings (SSSR count). The van der Waals surface area contributed by atoms with Gasteiger partial charge in [-0.15, -0.1) is 0 Å². The number of rotatable bonds is 6. The summed E-state index contributed by atoms with van der Waals surface area (Å²) in [5.41, 5.74) is 4.97. The highest BCUT2D eigenvalue weighted by Gasteiger charge is 2.24. The number of nitrogen functional groups attached to an aromatic ring is 1. The molecule has 0 atom stereocenters. The van der Waals surface area contributed by atoms with Gasteiger partial charge in [-0.1, -0.05) is 23.2 Å². The van der Waals surface area contributed by atoms with Crippen LogP contribution < -0.4 is 15.2 Å². The Kier molecular flexibility index (Phi) is 8.45. The number of anilines is 1. The zero-order chi connectivity index (χ0) is 29.8. The number of non-ortho nitro benzene ring substituents is 2. The maximum atomic E-state index is 12.8. The molecule has 41 heavy (non-hydrogen) atoms. The maximum Gasteiger partial charge on any atom is 0.387 e. The van der Waals surface area contributed by atoms with Gasteiger partial charge in [0.05, 0.1) is 31.1 Å². The minimum absolute atomic E-state index is 0.0135. The second kappa shape index (κ2) is 12.0. The van der Waals surface area contributed by atoms with Crippen molar-refractivity contribution >= 4 is 68.2 Å². The molecule has 0 fully saturated rings. The average Bonchev–Trinajstić information content (AvgIpc) is 3.31. The van der Waals surface area contributed by atoms with Crippen LogP contribution in [0.1, 0.15) is 10.4 Å². The molecule has 0 bridgehead atoms. The second-order valence-electron chi connectivity index (χ2n) is 7.89. The molecule has 3 aromatic carbocycles. The van der Waals surface area contributed by atoms with Crippen molar-refractivity contribution in [2.75, 3.05) is 5.73 Å². The fourth-order valence-corrected chi connectivity index (χ4v) is 3.90. The summed E-state index contributed by atoms with van der Waals surface area (Å²) in [5.74, 6) is -1.33. The molecule has 0 aliphatic heterocycles. The lowest BCUT2D eigenvalue weighted by atomic mass is 10.1. The number of nitro benzene ring substituents is 2. The lowest BCUT2D eigenvalue weighted by molar-refractivity contribution is -0.385. The Balaban J connectivity index is 0.000000367. The number of carbonyl (C=O) groups is 1. The Hall–Kier alpha value is -5.08. The summed E-state index contributed by atoms with van der Waals surface area (Å²) in [6.45, 7) is -3.18. The number of furan rings is 1. The largest absolute Gasteiger partial charge is 0.452 e. The highest BCUT2D eigenvalue weighted by atomic mass is 35.5. The van der Waals surface area contributed by atoms with Crippen LogP contribution in [0.25, 0.3) is 21.9 Å². The summed E-state index contributed by atoms with van der Waals surface area (Å²) in [5, 5.41) is 22.8. The van der Waals surface area contributed by atoms with Crippen LogP contribution in [0.15, 0.2) is 71.4 Å². The normalized spacial score (nSPS) is 10.8. The van der Waals surface area contributed by atoms with Crippen molar-refractivity contribution in [1.29, 1.82) is 0 Å². The molecule has 5 aromatic rings. The third kappa shape index (κ3) is 6.40. The molecule has 2 aromatic heterocycles. The van der Waals surface area contributed by atoms with Crippen molar-refractivity contribution in [3.8, 4) is 11.5 Å². The summed E-state index contributed by atoms with van der Waals surface area (Å²) in [6, 6.07) is 10.5. The number of hydrogen-bond donors (Lipinski definition) is 1. The number of ether oxygens (including phenoxy) is 2. The van der Waals surface area contributed by atoms with E-state index in [1.54, 1.807) is 0 Å². The molecule has 0 aliphatic rings. The van der Waals surface area contributed by atoms with Crippen molar-refractivity contribution < 1.29 is 37.3 Å². The quantitative estimate of drug-likeness (QED) is 0.0900. The van der Waals surface area contributed by atoms with Gasteiger partial charge in [-0.2, -0.15) is 8.78 Å². The van der Waals surface area contributed by atoms with Gasteiger partial charge in [-0.3, -0.25) is 25.2 Å². The number of pyridine rings is 1. The second-order valence-corrected chi connectivity index (χ2v) is 8.71. The van der Waals surface area contributed by atoms with E-state index < -0.39 is 22.4 Å². The van der Waals surface area contributed by atoms with E-state index in [1.165, 1.54) is 30.6 Å². The van der Waals surface area contributed by atoms with Crippen molar-refractivity contribution in [3.63, 3.8) is 0 Å². The van der Waals surface area contributed by atoms with Gasteiger partial charge in [0, 0.05) is 47.4 Å². The third-order valence-electron chi connectivity index (χ3n) is 5.36. The van der Waals surface area contributed by atoms with E-state index in [0.717, 1.165) is 36.4 Å².